The summed E-state index contributed by atoms with van der Waals surface area (Å²) in [5.41, 5.74) is 3.52. The number of nitrogens with zero attached hydrogens (tertiary/aromatic N) is 1. The molecule has 0 radical (unpaired) electrons. The van der Waals surface area contributed by atoms with E-state index in [-0.39, 0.29) is 17.6 Å². The second-order valence-electron chi connectivity index (χ2n) is 9.21. The van der Waals surface area contributed by atoms with Gasteiger partial charge < -0.3 is 10.1 Å². The molecule has 4 rings (SSSR count). The first-order valence-electron chi connectivity index (χ1n) is 11.4. The van der Waals surface area contributed by atoms with Crippen molar-refractivity contribution < 1.29 is 9.53 Å². The van der Waals surface area contributed by atoms with E-state index < -0.39 is 0 Å². The van der Waals surface area contributed by atoms with Gasteiger partial charge in [0.1, 0.15) is 0 Å². The molecule has 1 atom stereocenters. The molecule has 1 spiro atoms. The number of hydrogen-bond acceptors (Lipinski definition) is 3. The fraction of sp³-hybridized carbons (Fsp3) is 0.500. The number of amides is 1. The van der Waals surface area contributed by atoms with Crippen LogP contribution in [0.3, 0.4) is 0 Å². The van der Waals surface area contributed by atoms with Gasteiger partial charge in [0.25, 0.3) is 5.91 Å². The highest BCUT2D eigenvalue weighted by atomic mass is 16.5. The van der Waals surface area contributed by atoms with Crippen molar-refractivity contribution in [3.63, 3.8) is 0 Å². The van der Waals surface area contributed by atoms with E-state index in [4.69, 9.17) is 4.74 Å². The van der Waals surface area contributed by atoms with Crippen molar-refractivity contribution in [2.75, 3.05) is 19.6 Å². The summed E-state index contributed by atoms with van der Waals surface area (Å²) < 4.78 is 6.48. The third kappa shape index (κ3) is 5.11. The second kappa shape index (κ2) is 9.32. The maximum Gasteiger partial charge on any atom is 0.251 e. The summed E-state index contributed by atoms with van der Waals surface area (Å²) in [5, 5.41) is 3.04. The van der Waals surface area contributed by atoms with Crippen molar-refractivity contribution in [2.24, 2.45) is 0 Å². The first-order valence-corrected chi connectivity index (χ1v) is 11.4. The predicted octanol–water partition coefficient (Wildman–Crippen LogP) is 4.75. The molecule has 0 aromatic heterocycles. The van der Waals surface area contributed by atoms with Gasteiger partial charge >= 0.3 is 0 Å². The number of likely N-dealkylation sites (tertiary alicyclic amines) is 1. The summed E-state index contributed by atoms with van der Waals surface area (Å²) in [5.74, 6) is 0.567. The average Bonchev–Trinajstić information content (AvgIpc) is 3.17. The van der Waals surface area contributed by atoms with Gasteiger partial charge in [0.2, 0.25) is 0 Å². The minimum absolute atomic E-state index is 0.0140. The van der Waals surface area contributed by atoms with Crippen LogP contribution in [0.1, 0.15) is 66.9 Å². The average molecular weight is 407 g/mol. The maximum absolute atomic E-state index is 12.3. The molecule has 2 saturated heterocycles. The fourth-order valence-corrected chi connectivity index (χ4v) is 4.69. The Hall–Kier alpha value is -2.17. The van der Waals surface area contributed by atoms with Crippen LogP contribution in [0, 0.1) is 0 Å². The number of carbonyl (C=O) groups is 1. The van der Waals surface area contributed by atoms with Gasteiger partial charge in [-0.25, -0.2) is 0 Å². The molecule has 2 aromatic carbocycles. The molecule has 2 fully saturated rings. The summed E-state index contributed by atoms with van der Waals surface area (Å²) in [6, 6.07) is 18.5. The molecule has 4 nitrogen and oxygen atoms in total. The van der Waals surface area contributed by atoms with Crippen molar-refractivity contribution in [2.45, 2.75) is 63.7 Å². The Balaban J connectivity index is 1.22. The Bertz CT molecular complexity index is 824. The van der Waals surface area contributed by atoms with Crippen LogP contribution >= 0.6 is 0 Å². The minimum atomic E-state index is -0.0153. The maximum atomic E-state index is 12.3. The highest BCUT2D eigenvalue weighted by Crippen LogP contribution is 2.39. The van der Waals surface area contributed by atoms with E-state index in [0.29, 0.717) is 18.0 Å². The molecular weight excluding hydrogens is 372 g/mol. The van der Waals surface area contributed by atoms with Crippen LogP contribution in [0.2, 0.25) is 0 Å². The molecule has 0 unspecified atom stereocenters. The van der Waals surface area contributed by atoms with Crippen molar-refractivity contribution in [1.29, 1.82) is 0 Å². The zero-order valence-electron chi connectivity index (χ0n) is 18.3. The van der Waals surface area contributed by atoms with Crippen LogP contribution in [0.15, 0.2) is 54.6 Å². The highest BCUT2D eigenvalue weighted by Gasteiger charge is 2.42. The van der Waals surface area contributed by atoms with E-state index >= 15 is 0 Å². The van der Waals surface area contributed by atoms with Gasteiger partial charge in [0.15, 0.2) is 0 Å². The lowest BCUT2D eigenvalue weighted by Crippen LogP contribution is -2.44. The van der Waals surface area contributed by atoms with Gasteiger partial charge in [-0.1, -0.05) is 56.3 Å². The van der Waals surface area contributed by atoms with Gasteiger partial charge in [-0.05, 0) is 54.9 Å². The third-order valence-corrected chi connectivity index (χ3v) is 6.68. The molecular formula is C26H34N2O2. The lowest BCUT2D eigenvalue weighted by molar-refractivity contribution is -0.0764. The third-order valence-electron chi connectivity index (χ3n) is 6.68. The number of ether oxygens (including phenoxy) is 1. The van der Waals surface area contributed by atoms with Gasteiger partial charge in [-0.2, -0.15) is 0 Å². The zero-order valence-corrected chi connectivity index (χ0v) is 18.3. The Morgan fingerprint density at radius 2 is 1.77 bits per heavy atom. The van der Waals surface area contributed by atoms with Crippen molar-refractivity contribution >= 4 is 5.91 Å². The largest absolute Gasteiger partial charge is 0.370 e. The summed E-state index contributed by atoms with van der Waals surface area (Å²) >= 11 is 0. The molecule has 0 bridgehead atoms. The number of nitrogens with one attached hydrogen (secondary N) is 1. The van der Waals surface area contributed by atoms with Crippen molar-refractivity contribution in [3.8, 4) is 0 Å². The molecule has 0 aliphatic carbocycles. The number of carbonyl (C=O) groups excluding carboxylic acids is 1. The summed E-state index contributed by atoms with van der Waals surface area (Å²) in [6.45, 7) is 8.25. The molecule has 160 valence electrons. The van der Waals surface area contributed by atoms with E-state index in [1.165, 1.54) is 11.1 Å². The Morgan fingerprint density at radius 3 is 2.43 bits per heavy atom. The Labute approximate surface area is 180 Å². The van der Waals surface area contributed by atoms with Gasteiger partial charge in [0, 0.05) is 31.7 Å². The lowest BCUT2D eigenvalue weighted by Gasteiger charge is -2.39. The molecule has 30 heavy (non-hydrogen) atoms. The number of benzene rings is 2. The van der Waals surface area contributed by atoms with Crippen LogP contribution < -0.4 is 5.32 Å². The van der Waals surface area contributed by atoms with E-state index in [1.807, 2.05) is 30.3 Å². The molecule has 4 heteroatoms. The fourth-order valence-electron chi connectivity index (χ4n) is 4.69. The second-order valence-corrected chi connectivity index (χ2v) is 9.21. The number of hydrogen-bond donors (Lipinski definition) is 1. The standard InChI is InChI=1S/C26H34N2O2/c1-20(2)22-10-8-21(9-11-22)19-28-16-14-26(15-17-28)13-12-24(30-26)18-27-25(29)23-6-4-3-5-7-23/h3-11,20,24H,12-19H2,1-2H3,(H,27,29)/t24-/m1/s1. The van der Waals surface area contributed by atoms with Gasteiger partial charge in [-0.15, -0.1) is 0 Å². The molecule has 1 amide bonds. The van der Waals surface area contributed by atoms with Crippen LogP contribution in [0.5, 0.6) is 0 Å². The number of rotatable bonds is 6. The molecule has 2 aliphatic rings. The van der Waals surface area contributed by atoms with Crippen LogP contribution in [0.4, 0.5) is 0 Å². The van der Waals surface area contributed by atoms with Crippen molar-refractivity contribution in [1.82, 2.24) is 10.2 Å². The number of piperidine rings is 1. The van der Waals surface area contributed by atoms with Gasteiger partial charge in [0.05, 0.1) is 11.7 Å². The Kier molecular flexibility index (Phi) is 6.55. The van der Waals surface area contributed by atoms with E-state index in [2.05, 4.69) is 48.3 Å². The lowest BCUT2D eigenvalue weighted by atomic mass is 9.88. The molecule has 2 aliphatic heterocycles. The normalized spacial score (nSPS) is 21.2. The summed E-state index contributed by atoms with van der Waals surface area (Å²) in [4.78, 5) is 14.8. The smallest absolute Gasteiger partial charge is 0.251 e. The van der Waals surface area contributed by atoms with Crippen LogP contribution in [-0.2, 0) is 11.3 Å². The van der Waals surface area contributed by atoms with E-state index in [0.717, 1.165) is 45.3 Å². The van der Waals surface area contributed by atoms with Crippen LogP contribution in [-0.4, -0.2) is 42.1 Å². The Morgan fingerprint density at radius 1 is 1.07 bits per heavy atom. The predicted molar refractivity (Wildman–Crippen MR) is 121 cm³/mol. The van der Waals surface area contributed by atoms with Crippen LogP contribution in [0.25, 0.3) is 0 Å². The van der Waals surface area contributed by atoms with E-state index in [9.17, 15) is 4.79 Å². The zero-order chi connectivity index (χ0) is 21.0. The first-order chi connectivity index (χ1) is 14.5. The summed E-state index contributed by atoms with van der Waals surface area (Å²) in [6.07, 6.45) is 4.44. The topological polar surface area (TPSA) is 41.6 Å². The summed E-state index contributed by atoms with van der Waals surface area (Å²) in [7, 11) is 0. The quantitative estimate of drug-likeness (QED) is 0.752. The first kappa shape index (κ1) is 21.1. The van der Waals surface area contributed by atoms with E-state index in [1.54, 1.807) is 0 Å². The molecule has 2 aromatic rings. The van der Waals surface area contributed by atoms with Crippen molar-refractivity contribution in [3.05, 3.63) is 71.3 Å². The SMILES string of the molecule is CC(C)c1ccc(CN2CCC3(CC[C@H](CNC(=O)c4ccccc4)O3)CC2)cc1. The molecule has 0 saturated carbocycles. The van der Waals surface area contributed by atoms with Gasteiger partial charge in [-0.3, -0.25) is 9.69 Å². The molecule has 1 N–H and O–H groups in total. The highest BCUT2D eigenvalue weighted by molar-refractivity contribution is 5.94. The monoisotopic (exact) mass is 406 g/mol. The molecule has 2 heterocycles. The minimum Gasteiger partial charge on any atom is -0.370 e.